The highest BCUT2D eigenvalue weighted by molar-refractivity contribution is 6.14. The minimum atomic E-state index is 0.150. The molecule has 1 fully saturated rings. The van der Waals surface area contributed by atoms with Crippen molar-refractivity contribution in [2.24, 2.45) is 0 Å². The number of ketones is 1. The lowest BCUT2D eigenvalue weighted by Crippen LogP contribution is -2.37. The van der Waals surface area contributed by atoms with Gasteiger partial charge >= 0.3 is 0 Å². The van der Waals surface area contributed by atoms with Crippen LogP contribution in [0.5, 0.6) is 0 Å². The summed E-state index contributed by atoms with van der Waals surface area (Å²) < 4.78 is 0. The predicted molar refractivity (Wildman–Crippen MR) is 140 cm³/mol. The molecule has 1 aliphatic heterocycles. The van der Waals surface area contributed by atoms with E-state index < -0.39 is 0 Å². The van der Waals surface area contributed by atoms with Crippen LogP contribution in [0.25, 0.3) is 12.2 Å². The summed E-state index contributed by atoms with van der Waals surface area (Å²) in [7, 11) is 0. The van der Waals surface area contributed by atoms with Crippen molar-refractivity contribution in [3.8, 4) is 0 Å². The lowest BCUT2D eigenvalue weighted by Gasteiger charge is -2.30. The summed E-state index contributed by atoms with van der Waals surface area (Å²) in [6.07, 6.45) is 4.05. The van der Waals surface area contributed by atoms with Gasteiger partial charge in [-0.1, -0.05) is 105 Å². The van der Waals surface area contributed by atoms with Gasteiger partial charge in [0.1, 0.15) is 0 Å². The van der Waals surface area contributed by atoms with E-state index in [0.717, 1.165) is 41.9 Å². The average molecular weight is 439 g/mol. The van der Waals surface area contributed by atoms with Gasteiger partial charge in [0.15, 0.2) is 5.78 Å². The topological polar surface area (TPSA) is 32.3 Å². The Labute approximate surface area is 198 Å². The average Bonchev–Trinajstić information content (AvgIpc) is 2.85. The number of nitrogens with one attached hydrogen (secondary N) is 1. The summed E-state index contributed by atoms with van der Waals surface area (Å²) >= 11 is 0. The van der Waals surface area contributed by atoms with Gasteiger partial charge in [0, 0.05) is 30.8 Å². The fraction of sp³-hybridized carbons (Fsp3) is 0.233. The first-order valence-electron chi connectivity index (χ1n) is 11.7. The number of Topliss-reactive ketones (excluding diaryl/α,β-unsaturated/α-hetero) is 1. The van der Waals surface area contributed by atoms with Crippen molar-refractivity contribution in [3.05, 3.63) is 119 Å². The Morgan fingerprint density at radius 2 is 1.12 bits per heavy atom. The highest BCUT2D eigenvalue weighted by atomic mass is 16.1. The summed E-state index contributed by atoms with van der Waals surface area (Å²) in [4.78, 5) is 15.5. The Morgan fingerprint density at radius 1 is 0.697 bits per heavy atom. The molecule has 0 aromatic heterocycles. The van der Waals surface area contributed by atoms with E-state index in [0.29, 0.717) is 13.1 Å². The molecule has 3 heteroatoms. The molecule has 1 heterocycles. The second kappa shape index (κ2) is 13.3. The van der Waals surface area contributed by atoms with Crippen molar-refractivity contribution in [2.45, 2.75) is 20.4 Å². The van der Waals surface area contributed by atoms with Crippen LogP contribution in [0.1, 0.15) is 30.5 Å². The maximum Gasteiger partial charge on any atom is 0.187 e. The lowest BCUT2D eigenvalue weighted by molar-refractivity contribution is -0.113. The fourth-order valence-electron chi connectivity index (χ4n) is 3.81. The molecular formula is C30H34N2O. The van der Waals surface area contributed by atoms with Crippen LogP contribution in [0.2, 0.25) is 0 Å². The first-order valence-corrected chi connectivity index (χ1v) is 11.7. The normalized spacial score (nSPS) is 16.5. The largest absolute Gasteiger partial charge is 0.317 e. The van der Waals surface area contributed by atoms with E-state index in [-0.39, 0.29) is 5.78 Å². The number of likely N-dealkylation sites (tertiary alicyclic amines) is 1. The van der Waals surface area contributed by atoms with Gasteiger partial charge in [-0.15, -0.1) is 0 Å². The van der Waals surface area contributed by atoms with Crippen molar-refractivity contribution in [1.29, 1.82) is 0 Å². The van der Waals surface area contributed by atoms with E-state index in [1.165, 1.54) is 5.56 Å². The number of carbonyl (C=O) groups excluding carboxylic acids is 1. The maximum atomic E-state index is 13.2. The standard InChI is InChI=1S/C26H23NO.C4H11N/c28-26-24(16-21-10-4-1-5-11-21)19-27(18-23-14-8-3-9-15-23)20-25(26)17-22-12-6-2-7-13-22;1-3-5-4-2/h1-17H,18-20H2;5H,3-4H2,1-2H3. The number of benzene rings is 3. The van der Waals surface area contributed by atoms with Crippen LogP contribution in [0.4, 0.5) is 0 Å². The number of hydrogen-bond acceptors (Lipinski definition) is 3. The number of nitrogens with zero attached hydrogens (tertiary/aromatic N) is 1. The predicted octanol–water partition coefficient (Wildman–Crippen LogP) is 5.85. The van der Waals surface area contributed by atoms with Gasteiger partial charge in [-0.3, -0.25) is 9.69 Å². The molecule has 0 saturated carbocycles. The van der Waals surface area contributed by atoms with Crippen molar-refractivity contribution in [3.63, 3.8) is 0 Å². The zero-order chi connectivity index (χ0) is 23.3. The highest BCUT2D eigenvalue weighted by Crippen LogP contribution is 2.23. The molecule has 0 bridgehead atoms. The Morgan fingerprint density at radius 3 is 1.52 bits per heavy atom. The van der Waals surface area contributed by atoms with Crippen molar-refractivity contribution in [1.82, 2.24) is 10.2 Å². The van der Waals surface area contributed by atoms with Gasteiger partial charge in [0.05, 0.1) is 0 Å². The van der Waals surface area contributed by atoms with Crippen LogP contribution in [-0.4, -0.2) is 36.9 Å². The minimum Gasteiger partial charge on any atom is -0.317 e. The van der Waals surface area contributed by atoms with E-state index >= 15 is 0 Å². The molecule has 3 aromatic carbocycles. The monoisotopic (exact) mass is 438 g/mol. The van der Waals surface area contributed by atoms with Gasteiger partial charge in [0.25, 0.3) is 0 Å². The third-order valence-electron chi connectivity index (χ3n) is 5.40. The van der Waals surface area contributed by atoms with E-state index in [4.69, 9.17) is 0 Å². The molecule has 33 heavy (non-hydrogen) atoms. The molecule has 1 N–H and O–H groups in total. The Balaban J connectivity index is 0.000000555. The Bertz CT molecular complexity index is 977. The molecule has 3 aromatic rings. The molecule has 0 radical (unpaired) electrons. The van der Waals surface area contributed by atoms with E-state index in [1.807, 2.05) is 78.9 Å². The molecule has 0 unspecified atom stereocenters. The third-order valence-corrected chi connectivity index (χ3v) is 5.40. The van der Waals surface area contributed by atoms with Crippen LogP contribution in [0, 0.1) is 0 Å². The Hall–Kier alpha value is -3.27. The van der Waals surface area contributed by atoms with Gasteiger partial charge in [0.2, 0.25) is 0 Å². The van der Waals surface area contributed by atoms with Crippen LogP contribution in [-0.2, 0) is 11.3 Å². The van der Waals surface area contributed by atoms with Crippen LogP contribution in [0.15, 0.2) is 102 Å². The molecule has 0 amide bonds. The van der Waals surface area contributed by atoms with Gasteiger partial charge < -0.3 is 5.32 Å². The third kappa shape index (κ3) is 7.98. The zero-order valence-electron chi connectivity index (χ0n) is 19.7. The van der Waals surface area contributed by atoms with Crippen molar-refractivity contribution in [2.75, 3.05) is 26.2 Å². The van der Waals surface area contributed by atoms with Crippen LogP contribution in [0.3, 0.4) is 0 Å². The number of hydrogen-bond donors (Lipinski definition) is 1. The second-order valence-corrected chi connectivity index (χ2v) is 8.08. The smallest absolute Gasteiger partial charge is 0.187 e. The van der Waals surface area contributed by atoms with E-state index in [2.05, 4.69) is 48.3 Å². The summed E-state index contributed by atoms with van der Waals surface area (Å²) in [6, 6.07) is 30.6. The number of rotatable bonds is 6. The first kappa shape index (κ1) is 24.4. The summed E-state index contributed by atoms with van der Waals surface area (Å²) in [5.74, 6) is 0.150. The molecule has 170 valence electrons. The highest BCUT2D eigenvalue weighted by Gasteiger charge is 2.26. The molecule has 3 nitrogen and oxygen atoms in total. The first-order chi connectivity index (χ1) is 16.2. The zero-order valence-corrected chi connectivity index (χ0v) is 19.7. The van der Waals surface area contributed by atoms with Crippen LogP contribution >= 0.6 is 0 Å². The van der Waals surface area contributed by atoms with E-state index in [9.17, 15) is 4.79 Å². The number of carbonyl (C=O) groups is 1. The quantitative estimate of drug-likeness (QED) is 0.490. The SMILES string of the molecule is CCNCC.O=C1C(=Cc2ccccc2)CN(Cc2ccccc2)CC1=Cc1ccccc1. The van der Waals surface area contributed by atoms with Crippen molar-refractivity contribution >= 4 is 17.9 Å². The van der Waals surface area contributed by atoms with Crippen LogP contribution < -0.4 is 5.32 Å². The summed E-state index contributed by atoms with van der Waals surface area (Å²) in [6.45, 7) is 8.54. The second-order valence-electron chi connectivity index (χ2n) is 8.08. The summed E-state index contributed by atoms with van der Waals surface area (Å²) in [5, 5.41) is 3.11. The molecule has 1 saturated heterocycles. The molecule has 0 atom stereocenters. The minimum absolute atomic E-state index is 0.150. The van der Waals surface area contributed by atoms with Gasteiger partial charge in [-0.2, -0.15) is 0 Å². The number of piperidine rings is 1. The maximum absolute atomic E-state index is 13.2. The lowest BCUT2D eigenvalue weighted by atomic mass is 9.94. The fourth-order valence-corrected chi connectivity index (χ4v) is 3.81. The Kier molecular flexibility index (Phi) is 9.84. The summed E-state index contributed by atoms with van der Waals surface area (Å²) in [5.41, 5.74) is 5.07. The van der Waals surface area contributed by atoms with Gasteiger partial charge in [-0.05, 0) is 41.9 Å². The molecule has 0 aliphatic carbocycles. The van der Waals surface area contributed by atoms with E-state index in [1.54, 1.807) is 0 Å². The molecule has 4 rings (SSSR count). The molecular weight excluding hydrogens is 404 g/mol. The van der Waals surface area contributed by atoms with Gasteiger partial charge in [-0.25, -0.2) is 0 Å². The van der Waals surface area contributed by atoms with Crippen molar-refractivity contribution < 1.29 is 4.79 Å². The molecule has 0 spiro atoms. The molecule has 1 aliphatic rings.